The summed E-state index contributed by atoms with van der Waals surface area (Å²) in [7, 11) is 1.67. The summed E-state index contributed by atoms with van der Waals surface area (Å²) in [6.07, 6.45) is 3.87. The van der Waals surface area contributed by atoms with E-state index in [1.165, 1.54) is 26.3 Å². The number of likely N-dealkylation sites (tertiary alicyclic amines) is 1. The van der Waals surface area contributed by atoms with E-state index in [0.29, 0.717) is 6.04 Å². The van der Waals surface area contributed by atoms with Crippen LogP contribution in [0.5, 0.6) is 5.75 Å². The molecule has 5 nitrogen and oxygen atoms in total. The van der Waals surface area contributed by atoms with Crippen LogP contribution >= 0.6 is 0 Å². The van der Waals surface area contributed by atoms with E-state index in [4.69, 9.17) is 4.74 Å². The van der Waals surface area contributed by atoms with Gasteiger partial charge in [0.05, 0.1) is 12.8 Å². The fourth-order valence-corrected chi connectivity index (χ4v) is 3.00. The highest BCUT2D eigenvalue weighted by Crippen LogP contribution is 2.33. The van der Waals surface area contributed by atoms with Crippen LogP contribution in [0.15, 0.2) is 18.2 Å². The van der Waals surface area contributed by atoms with E-state index in [9.17, 15) is 4.79 Å². The molecule has 2 fully saturated rings. The highest BCUT2D eigenvalue weighted by molar-refractivity contribution is 5.89. The zero-order valence-electron chi connectivity index (χ0n) is 12.7. The Morgan fingerprint density at radius 2 is 2.14 bits per heavy atom. The highest BCUT2D eigenvalue weighted by Gasteiger charge is 2.34. The number of amides is 1. The fourth-order valence-electron chi connectivity index (χ4n) is 3.00. The molecule has 1 aliphatic heterocycles. The second kappa shape index (κ2) is 5.93. The second-order valence-corrected chi connectivity index (χ2v) is 5.95. The standard InChI is InChI=1S/C16H23N3O2/c1-11(20)17-12-3-6-16(21-2)15(9-12)18-13-7-8-19(10-13)14-4-5-14/h3,6,9,13-14,18H,4-5,7-8,10H2,1-2H3,(H,17,20). The van der Waals surface area contributed by atoms with E-state index in [2.05, 4.69) is 15.5 Å². The fraction of sp³-hybridized carbons (Fsp3) is 0.562. The number of rotatable bonds is 5. The van der Waals surface area contributed by atoms with E-state index >= 15 is 0 Å². The predicted octanol–water partition coefficient (Wildman–Crippen LogP) is 2.30. The lowest BCUT2D eigenvalue weighted by Gasteiger charge is -2.19. The van der Waals surface area contributed by atoms with Gasteiger partial charge < -0.3 is 15.4 Å². The molecule has 1 aliphatic carbocycles. The minimum Gasteiger partial charge on any atom is -0.495 e. The van der Waals surface area contributed by atoms with Gasteiger partial charge >= 0.3 is 0 Å². The number of hydrogen-bond donors (Lipinski definition) is 2. The van der Waals surface area contributed by atoms with Crippen LogP contribution in [-0.2, 0) is 4.79 Å². The van der Waals surface area contributed by atoms with Crippen molar-refractivity contribution < 1.29 is 9.53 Å². The summed E-state index contributed by atoms with van der Waals surface area (Å²) < 4.78 is 5.41. The molecule has 0 radical (unpaired) electrons. The van der Waals surface area contributed by atoms with Gasteiger partial charge in [0, 0.05) is 37.8 Å². The average Bonchev–Trinajstić information content (AvgIpc) is 3.19. The van der Waals surface area contributed by atoms with Crippen LogP contribution in [0, 0.1) is 0 Å². The summed E-state index contributed by atoms with van der Waals surface area (Å²) in [6.45, 7) is 3.79. The van der Waals surface area contributed by atoms with Crippen molar-refractivity contribution in [2.75, 3.05) is 30.8 Å². The number of carbonyl (C=O) groups is 1. The third kappa shape index (κ3) is 3.47. The van der Waals surface area contributed by atoms with Gasteiger partial charge in [0.15, 0.2) is 0 Å². The van der Waals surface area contributed by atoms with Crippen LogP contribution in [0.4, 0.5) is 11.4 Å². The van der Waals surface area contributed by atoms with Crippen LogP contribution in [0.3, 0.4) is 0 Å². The Hall–Kier alpha value is -1.75. The lowest BCUT2D eigenvalue weighted by atomic mass is 10.2. The maximum atomic E-state index is 11.2. The topological polar surface area (TPSA) is 53.6 Å². The molecule has 1 unspecified atom stereocenters. The second-order valence-electron chi connectivity index (χ2n) is 5.95. The molecule has 0 spiro atoms. The first-order chi connectivity index (χ1) is 10.2. The Morgan fingerprint density at radius 3 is 2.81 bits per heavy atom. The molecule has 1 amide bonds. The summed E-state index contributed by atoms with van der Waals surface area (Å²) >= 11 is 0. The molecule has 5 heteroatoms. The maximum absolute atomic E-state index is 11.2. The van der Waals surface area contributed by atoms with Crippen LogP contribution in [-0.4, -0.2) is 43.1 Å². The normalized spacial score (nSPS) is 22.1. The number of methoxy groups -OCH3 is 1. The highest BCUT2D eigenvalue weighted by atomic mass is 16.5. The SMILES string of the molecule is COc1ccc(NC(C)=O)cc1NC1CCN(C2CC2)C1. The molecule has 0 bridgehead atoms. The van der Waals surface area contributed by atoms with Gasteiger partial charge in [-0.05, 0) is 37.5 Å². The Kier molecular flexibility index (Phi) is 4.01. The van der Waals surface area contributed by atoms with Crippen molar-refractivity contribution in [2.24, 2.45) is 0 Å². The van der Waals surface area contributed by atoms with Crippen LogP contribution in [0.1, 0.15) is 26.2 Å². The molecule has 1 heterocycles. The Morgan fingerprint density at radius 1 is 1.33 bits per heavy atom. The minimum atomic E-state index is -0.0631. The van der Waals surface area contributed by atoms with Gasteiger partial charge in [-0.25, -0.2) is 0 Å². The van der Waals surface area contributed by atoms with Gasteiger partial charge in [-0.3, -0.25) is 9.69 Å². The number of nitrogens with zero attached hydrogens (tertiary/aromatic N) is 1. The lowest BCUT2D eigenvalue weighted by molar-refractivity contribution is -0.114. The van der Waals surface area contributed by atoms with E-state index < -0.39 is 0 Å². The molecular weight excluding hydrogens is 266 g/mol. The Balaban J connectivity index is 1.69. The summed E-state index contributed by atoms with van der Waals surface area (Å²) in [5, 5.41) is 6.38. The molecule has 0 aromatic heterocycles. The molecule has 1 aromatic rings. The van der Waals surface area contributed by atoms with Crippen LogP contribution in [0.25, 0.3) is 0 Å². The molecule has 2 N–H and O–H groups in total. The zero-order valence-corrected chi connectivity index (χ0v) is 12.7. The Bertz CT molecular complexity index is 528. The van der Waals surface area contributed by atoms with Crippen molar-refractivity contribution in [3.63, 3.8) is 0 Å². The number of carbonyl (C=O) groups excluding carboxylic acids is 1. The largest absolute Gasteiger partial charge is 0.495 e. The third-order valence-electron chi connectivity index (χ3n) is 4.16. The molecule has 3 rings (SSSR count). The Labute approximate surface area is 125 Å². The summed E-state index contributed by atoms with van der Waals surface area (Å²) in [6, 6.07) is 6.97. The smallest absolute Gasteiger partial charge is 0.221 e. The van der Waals surface area contributed by atoms with Crippen LogP contribution < -0.4 is 15.4 Å². The van der Waals surface area contributed by atoms with Gasteiger partial charge in [0.25, 0.3) is 0 Å². The number of hydrogen-bond acceptors (Lipinski definition) is 4. The number of ether oxygens (including phenoxy) is 1. The number of anilines is 2. The zero-order chi connectivity index (χ0) is 14.8. The predicted molar refractivity (Wildman–Crippen MR) is 83.9 cm³/mol. The van der Waals surface area contributed by atoms with E-state index in [1.807, 2.05) is 18.2 Å². The molecule has 1 saturated carbocycles. The third-order valence-corrected chi connectivity index (χ3v) is 4.16. The summed E-state index contributed by atoms with van der Waals surface area (Å²) in [4.78, 5) is 13.8. The molecule has 1 aromatic carbocycles. The van der Waals surface area contributed by atoms with Crippen molar-refractivity contribution in [1.82, 2.24) is 4.90 Å². The van der Waals surface area contributed by atoms with Crippen molar-refractivity contribution in [3.05, 3.63) is 18.2 Å². The van der Waals surface area contributed by atoms with E-state index in [-0.39, 0.29) is 5.91 Å². The van der Waals surface area contributed by atoms with Gasteiger partial charge in [0.1, 0.15) is 5.75 Å². The van der Waals surface area contributed by atoms with E-state index in [1.54, 1.807) is 7.11 Å². The average molecular weight is 289 g/mol. The molecule has 2 aliphatic rings. The monoisotopic (exact) mass is 289 g/mol. The van der Waals surface area contributed by atoms with Crippen molar-refractivity contribution in [2.45, 2.75) is 38.3 Å². The molecule has 21 heavy (non-hydrogen) atoms. The first kappa shape index (κ1) is 14.2. The quantitative estimate of drug-likeness (QED) is 0.873. The minimum absolute atomic E-state index is 0.0631. The van der Waals surface area contributed by atoms with Crippen molar-refractivity contribution in [1.29, 1.82) is 0 Å². The number of benzene rings is 1. The maximum Gasteiger partial charge on any atom is 0.221 e. The first-order valence-corrected chi connectivity index (χ1v) is 7.62. The lowest BCUT2D eigenvalue weighted by Crippen LogP contribution is -2.27. The van der Waals surface area contributed by atoms with Gasteiger partial charge in [-0.15, -0.1) is 0 Å². The first-order valence-electron chi connectivity index (χ1n) is 7.62. The van der Waals surface area contributed by atoms with Gasteiger partial charge in [-0.1, -0.05) is 0 Å². The molecular formula is C16H23N3O2. The van der Waals surface area contributed by atoms with Crippen molar-refractivity contribution >= 4 is 17.3 Å². The van der Waals surface area contributed by atoms with E-state index in [0.717, 1.165) is 36.1 Å². The van der Waals surface area contributed by atoms with Gasteiger partial charge in [-0.2, -0.15) is 0 Å². The van der Waals surface area contributed by atoms with Crippen molar-refractivity contribution in [3.8, 4) is 5.75 Å². The molecule has 114 valence electrons. The van der Waals surface area contributed by atoms with Crippen LogP contribution in [0.2, 0.25) is 0 Å². The molecule has 1 atom stereocenters. The molecule has 1 saturated heterocycles. The summed E-state index contributed by atoms with van der Waals surface area (Å²) in [5.74, 6) is 0.751. The summed E-state index contributed by atoms with van der Waals surface area (Å²) in [5.41, 5.74) is 1.74. The number of nitrogens with one attached hydrogen (secondary N) is 2. The van der Waals surface area contributed by atoms with Gasteiger partial charge in [0.2, 0.25) is 5.91 Å².